The number of rotatable bonds is 11. The average molecular weight is 1140 g/mol. The Labute approximate surface area is 454 Å². The summed E-state index contributed by atoms with van der Waals surface area (Å²) in [5.74, 6) is -4.91. The summed E-state index contributed by atoms with van der Waals surface area (Å²) >= 11 is 0. The minimum absolute atomic E-state index is 0. The molecule has 3 unspecified atom stereocenters. The zero-order chi connectivity index (χ0) is 53.0. The second kappa shape index (κ2) is 44.2. The van der Waals surface area contributed by atoms with E-state index in [1.165, 1.54) is 0 Å². The Hall–Kier alpha value is -6.09. The number of aliphatic carboxylic acids is 6. The summed E-state index contributed by atoms with van der Waals surface area (Å²) in [6.45, 7) is 9.04. The average Bonchev–Trinajstić information content (AvgIpc) is 3.20. The fourth-order valence-corrected chi connectivity index (χ4v) is 7.80. The second-order valence-corrected chi connectivity index (χ2v) is 16.3. The maximum Gasteiger partial charge on any atom is 0.300 e. The number of fused-ring (bicyclic) bond motifs is 3. The number of carboxylic acids is 6. The van der Waals surface area contributed by atoms with Crippen LogP contribution in [0.4, 0.5) is 0 Å². The van der Waals surface area contributed by atoms with Crippen molar-refractivity contribution in [2.75, 3.05) is 19.6 Å². The number of halogens is 3. The highest BCUT2D eigenvalue weighted by atomic mass is 35.5. The molecule has 0 spiro atoms. The first-order valence-electron chi connectivity index (χ1n) is 22.2. The molecule has 75 heavy (non-hydrogen) atoms. The van der Waals surface area contributed by atoms with E-state index < -0.39 is 35.8 Å². The van der Waals surface area contributed by atoms with Gasteiger partial charge in [-0.1, -0.05) is 19.3 Å². The van der Waals surface area contributed by atoms with Crippen molar-refractivity contribution in [3.8, 4) is 34.5 Å². The van der Waals surface area contributed by atoms with Crippen molar-refractivity contribution in [2.24, 2.45) is 5.92 Å². The molecule has 3 aromatic rings. The van der Waals surface area contributed by atoms with E-state index in [1.54, 1.807) is 36.4 Å². The minimum atomic E-state index is -0.833. The van der Waals surface area contributed by atoms with Gasteiger partial charge in [-0.3, -0.25) is 28.8 Å². The SMILES string of the molecule is CC(=O)O.CC(=O)O.CC(=O)O.CC(=O)O.CC(=O)O.CC(=O)O.Cl.Cl.Cl.O.O.O.Oc1cc2c(cc1O)C(CCCCC(CCC1NCCc3cc(O)c(O)cc31)CCC1NCCc3cc(O)c(O)cc31)NCC2. The van der Waals surface area contributed by atoms with Crippen LogP contribution in [0, 0.1) is 5.92 Å². The second-order valence-electron chi connectivity index (χ2n) is 16.3. The smallest absolute Gasteiger partial charge is 0.300 e. The summed E-state index contributed by atoms with van der Waals surface area (Å²) in [5, 5.41) is 116. The lowest BCUT2D eigenvalue weighted by Crippen LogP contribution is -2.31. The molecule has 6 rings (SSSR count). The zero-order valence-electron chi connectivity index (χ0n) is 42.7. The first-order chi connectivity index (χ1) is 32.2. The van der Waals surface area contributed by atoms with Crippen molar-refractivity contribution >= 4 is 73.0 Å². The molecule has 434 valence electrons. The van der Waals surface area contributed by atoms with Gasteiger partial charge in [-0.15, -0.1) is 37.2 Å². The van der Waals surface area contributed by atoms with Gasteiger partial charge in [0.15, 0.2) is 34.5 Å². The fourth-order valence-electron chi connectivity index (χ4n) is 7.80. The Morgan fingerprint density at radius 2 is 0.613 bits per heavy atom. The Kier molecular flexibility index (Phi) is 48.9. The molecule has 0 aliphatic carbocycles. The van der Waals surface area contributed by atoms with Gasteiger partial charge in [0.05, 0.1) is 0 Å². The number of carboxylic acid groups (broad SMARTS) is 6. The van der Waals surface area contributed by atoms with Gasteiger partial charge in [-0.25, -0.2) is 0 Å². The van der Waals surface area contributed by atoms with Gasteiger partial charge in [0.1, 0.15) is 0 Å². The molecule has 0 aromatic heterocycles. The predicted octanol–water partition coefficient (Wildman–Crippen LogP) is 4.95. The highest BCUT2D eigenvalue weighted by molar-refractivity contribution is 5.86. The van der Waals surface area contributed by atoms with Crippen molar-refractivity contribution in [2.45, 2.75) is 130 Å². The highest BCUT2D eigenvalue weighted by Gasteiger charge is 2.26. The molecule has 3 atom stereocenters. The Bertz CT molecular complexity index is 1960. The van der Waals surface area contributed by atoms with E-state index in [1.807, 2.05) is 0 Å². The molecule has 21 N–H and O–H groups in total. The van der Waals surface area contributed by atoms with Crippen LogP contribution in [0.3, 0.4) is 0 Å². The molecule has 3 heterocycles. The Morgan fingerprint density at radius 3 is 0.853 bits per heavy atom. The van der Waals surface area contributed by atoms with Crippen LogP contribution >= 0.6 is 37.2 Å². The predicted molar refractivity (Wildman–Crippen MR) is 286 cm³/mol. The third-order valence-electron chi connectivity index (χ3n) is 10.3. The van der Waals surface area contributed by atoms with Crippen molar-refractivity contribution in [1.29, 1.82) is 0 Å². The van der Waals surface area contributed by atoms with Gasteiger partial charge in [0.25, 0.3) is 35.8 Å². The summed E-state index contributed by atoms with van der Waals surface area (Å²) in [5.41, 5.74) is 6.52. The number of hydrogen-bond donors (Lipinski definition) is 15. The normalized spacial score (nSPS) is 14.9. The van der Waals surface area contributed by atoms with Gasteiger partial charge in [0.2, 0.25) is 0 Å². The highest BCUT2D eigenvalue weighted by Crippen LogP contribution is 2.40. The van der Waals surface area contributed by atoms with E-state index >= 15 is 0 Å². The molecule has 0 saturated carbocycles. The molecule has 27 heteroatoms. The molecular weight excluding hydrogens is 1060 g/mol. The Balaban J connectivity index is -0.000000261. The summed E-state index contributed by atoms with van der Waals surface area (Å²) in [6.07, 6.45) is 10.6. The van der Waals surface area contributed by atoms with Crippen LogP contribution in [0.2, 0.25) is 0 Å². The molecule has 3 aliphatic rings. The monoisotopic (exact) mass is 1140 g/mol. The summed E-state index contributed by atoms with van der Waals surface area (Å²) in [4.78, 5) is 54.0. The Morgan fingerprint density at radius 1 is 0.400 bits per heavy atom. The molecule has 0 amide bonds. The molecule has 0 bridgehead atoms. The first-order valence-corrected chi connectivity index (χ1v) is 22.2. The summed E-state index contributed by atoms with van der Waals surface area (Å²) in [6, 6.07) is 10.7. The third-order valence-corrected chi connectivity index (χ3v) is 10.3. The number of phenolic OH excluding ortho intramolecular Hbond substituents is 6. The van der Waals surface area contributed by atoms with Crippen molar-refractivity contribution < 1.29 is 106 Å². The van der Waals surface area contributed by atoms with Crippen LogP contribution in [0.5, 0.6) is 34.5 Å². The number of benzene rings is 3. The van der Waals surface area contributed by atoms with E-state index in [0.29, 0.717) is 5.92 Å². The zero-order valence-corrected chi connectivity index (χ0v) is 45.2. The van der Waals surface area contributed by atoms with Gasteiger partial charge in [-0.05, 0) is 147 Å². The topological polar surface area (TPSA) is 476 Å². The number of phenols is 6. The van der Waals surface area contributed by atoms with Gasteiger partial charge >= 0.3 is 0 Å². The van der Waals surface area contributed by atoms with E-state index in [0.717, 1.165) is 165 Å². The van der Waals surface area contributed by atoms with Gasteiger partial charge < -0.3 is 93.7 Å². The third kappa shape index (κ3) is 37.3. The number of carbonyl (C=O) groups is 6. The van der Waals surface area contributed by atoms with Crippen molar-refractivity contribution in [3.05, 3.63) is 69.8 Å². The van der Waals surface area contributed by atoms with Gasteiger partial charge in [-0.2, -0.15) is 0 Å². The van der Waals surface area contributed by atoms with Crippen LogP contribution in [0.25, 0.3) is 0 Å². The number of aromatic hydroxyl groups is 6. The van der Waals surface area contributed by atoms with Gasteiger partial charge in [0, 0.05) is 59.7 Å². The maximum atomic E-state index is 10.2. The lowest BCUT2D eigenvalue weighted by molar-refractivity contribution is -0.135. The minimum Gasteiger partial charge on any atom is -0.504 e. The van der Waals surface area contributed by atoms with Crippen molar-refractivity contribution in [1.82, 2.24) is 16.0 Å². The van der Waals surface area contributed by atoms with Crippen molar-refractivity contribution in [3.63, 3.8) is 0 Å². The van der Waals surface area contributed by atoms with Crippen LogP contribution in [-0.2, 0) is 48.0 Å². The molecule has 0 radical (unpaired) electrons. The number of nitrogens with one attached hydrogen (secondary N) is 3. The fraction of sp³-hybridized carbons (Fsp3) is 0.500. The number of hydrogen-bond acceptors (Lipinski definition) is 15. The largest absolute Gasteiger partial charge is 0.504 e. The van der Waals surface area contributed by atoms with Crippen LogP contribution in [0.15, 0.2) is 36.4 Å². The van der Waals surface area contributed by atoms with E-state index in [9.17, 15) is 30.6 Å². The maximum absolute atomic E-state index is 10.2. The van der Waals surface area contributed by atoms with E-state index in [-0.39, 0.29) is 106 Å². The van der Waals surface area contributed by atoms with Crippen LogP contribution in [-0.4, -0.2) is 133 Å². The van der Waals surface area contributed by atoms with E-state index in [4.69, 9.17) is 59.4 Å². The lowest BCUT2D eigenvalue weighted by atomic mass is 9.83. The molecule has 24 nitrogen and oxygen atoms in total. The molecular formula is C48H80Cl3N3O21. The molecule has 0 saturated heterocycles. The van der Waals surface area contributed by atoms with E-state index in [2.05, 4.69) is 16.0 Å². The molecule has 0 fully saturated rings. The standard InChI is InChI=1S/C36H47N3O6.6C2H4O2.3ClH.3H2O/c40-31-15-22-9-12-37-28(25(22)18-34(31)43)4-2-1-3-21(5-7-29-26-19-35(44)32(41)16-23(26)10-13-38-29)6-8-30-27-20-36(45)33(42)17-24(27)11-14-39-30;6*1-2(3)4;;;;;;/h15-21,28-30,37-45H,1-14H2;6*1H3,(H,3,4);3*1H;3*1H2. The molecule has 3 aromatic carbocycles. The summed E-state index contributed by atoms with van der Waals surface area (Å²) in [7, 11) is 0. The first kappa shape index (κ1) is 82.9. The lowest BCUT2D eigenvalue weighted by Gasteiger charge is -2.31. The summed E-state index contributed by atoms with van der Waals surface area (Å²) < 4.78 is 0. The van der Waals surface area contributed by atoms with Crippen LogP contribution < -0.4 is 16.0 Å². The van der Waals surface area contributed by atoms with Crippen LogP contribution in [0.1, 0.15) is 144 Å². The molecule has 3 aliphatic heterocycles. The quantitative estimate of drug-likeness (QED) is 0.0891. The number of unbranched alkanes of at least 4 members (excludes halogenated alkanes) is 1.